The molecule has 0 spiro atoms. The van der Waals surface area contributed by atoms with Gasteiger partial charge in [0, 0.05) is 0 Å². The first-order valence-electron chi connectivity index (χ1n) is 6.02. The summed E-state index contributed by atoms with van der Waals surface area (Å²) in [5, 5.41) is 9.12. The summed E-state index contributed by atoms with van der Waals surface area (Å²) in [5.74, 6) is -3.82. The molecule has 0 fully saturated rings. The fourth-order valence-electron chi connectivity index (χ4n) is 2.31. The number of nitrogens with zero attached hydrogens (tertiary/aromatic N) is 1. The van der Waals surface area contributed by atoms with E-state index in [0.29, 0.717) is 4.90 Å². The minimum atomic E-state index is -1.42. The lowest BCUT2D eigenvalue weighted by Gasteiger charge is -2.17. The molecule has 0 aliphatic carbocycles. The molecule has 1 heterocycles. The summed E-state index contributed by atoms with van der Waals surface area (Å²) in [7, 11) is 0. The van der Waals surface area contributed by atoms with Crippen molar-refractivity contribution in [2.24, 2.45) is 0 Å². The third-order valence-electron chi connectivity index (χ3n) is 3.23. The summed E-state index contributed by atoms with van der Waals surface area (Å²) in [5.41, 5.74) is -0.718. The highest BCUT2D eigenvalue weighted by molar-refractivity contribution is 6.35. The number of carboxylic acids is 1. The van der Waals surface area contributed by atoms with Crippen LogP contribution in [0.5, 0.6) is 0 Å². The van der Waals surface area contributed by atoms with Gasteiger partial charge in [0.25, 0.3) is 11.8 Å². The molecule has 0 bridgehead atoms. The molecule has 0 saturated heterocycles. The summed E-state index contributed by atoms with van der Waals surface area (Å²) in [6, 6.07) is 9.39. The van der Waals surface area contributed by atoms with Crippen LogP contribution in [0.15, 0.2) is 42.5 Å². The van der Waals surface area contributed by atoms with Crippen LogP contribution in [0.3, 0.4) is 0 Å². The van der Waals surface area contributed by atoms with Gasteiger partial charge < -0.3 is 5.11 Å². The largest absolute Gasteiger partial charge is 0.478 e. The number of amides is 2. The molecule has 0 unspecified atom stereocenters. The molecule has 6 heteroatoms. The van der Waals surface area contributed by atoms with Crippen molar-refractivity contribution in [1.82, 2.24) is 0 Å². The van der Waals surface area contributed by atoms with Crippen molar-refractivity contribution in [2.45, 2.75) is 0 Å². The molecule has 104 valence electrons. The smallest absolute Gasteiger partial charge is 0.337 e. The molecule has 0 atom stereocenters. The molecule has 2 aromatic carbocycles. The summed E-state index contributed by atoms with van der Waals surface area (Å²) < 4.78 is 14.0. The Morgan fingerprint density at radius 3 is 2.05 bits per heavy atom. The summed E-state index contributed by atoms with van der Waals surface area (Å²) in [6.45, 7) is 0. The van der Waals surface area contributed by atoms with E-state index >= 15 is 0 Å². The molecule has 21 heavy (non-hydrogen) atoms. The standard InChI is InChI=1S/C15H8FNO4/c16-11-7-3-6-10(15(20)21)12(11)17-13(18)8-4-1-2-5-9(8)14(17)19/h1-7H,(H,20,21). The van der Waals surface area contributed by atoms with Gasteiger partial charge in [-0.3, -0.25) is 9.59 Å². The molecule has 0 radical (unpaired) electrons. The van der Waals surface area contributed by atoms with E-state index in [1.165, 1.54) is 18.2 Å². The first-order valence-corrected chi connectivity index (χ1v) is 6.02. The SMILES string of the molecule is O=C(O)c1cccc(F)c1N1C(=O)c2ccccc2C1=O. The van der Waals surface area contributed by atoms with Gasteiger partial charge in [-0.15, -0.1) is 0 Å². The molecule has 5 nitrogen and oxygen atoms in total. The maximum absolute atomic E-state index is 14.0. The molecule has 0 aromatic heterocycles. The second kappa shape index (κ2) is 4.52. The van der Waals surface area contributed by atoms with E-state index in [9.17, 15) is 18.8 Å². The number of carboxylic acid groups (broad SMARTS) is 1. The van der Waals surface area contributed by atoms with Gasteiger partial charge in [-0.05, 0) is 24.3 Å². The van der Waals surface area contributed by atoms with Crippen LogP contribution in [-0.2, 0) is 0 Å². The number of benzene rings is 2. The highest BCUT2D eigenvalue weighted by Gasteiger charge is 2.39. The zero-order valence-electron chi connectivity index (χ0n) is 10.5. The van der Waals surface area contributed by atoms with Crippen LogP contribution in [0.2, 0.25) is 0 Å². The Morgan fingerprint density at radius 2 is 1.52 bits per heavy atom. The third kappa shape index (κ3) is 1.80. The van der Waals surface area contributed by atoms with Crippen molar-refractivity contribution in [2.75, 3.05) is 4.90 Å². The number of fused-ring (bicyclic) bond motifs is 1. The van der Waals surface area contributed by atoms with E-state index in [-0.39, 0.29) is 11.1 Å². The number of imide groups is 1. The maximum Gasteiger partial charge on any atom is 0.337 e. The Bertz CT molecular complexity index is 765. The van der Waals surface area contributed by atoms with Crippen LogP contribution in [0.4, 0.5) is 10.1 Å². The van der Waals surface area contributed by atoms with Gasteiger partial charge in [-0.25, -0.2) is 14.1 Å². The normalized spacial score (nSPS) is 13.5. The molecule has 1 aliphatic rings. The zero-order valence-corrected chi connectivity index (χ0v) is 10.5. The zero-order chi connectivity index (χ0) is 15.1. The highest BCUT2D eigenvalue weighted by Crippen LogP contribution is 2.32. The molecule has 0 saturated carbocycles. The lowest BCUT2D eigenvalue weighted by Crippen LogP contribution is -2.32. The van der Waals surface area contributed by atoms with Crippen molar-refractivity contribution in [3.05, 3.63) is 65.0 Å². The number of anilines is 1. The van der Waals surface area contributed by atoms with Crippen LogP contribution in [0.25, 0.3) is 0 Å². The van der Waals surface area contributed by atoms with Gasteiger partial charge in [0.05, 0.1) is 16.7 Å². The molecule has 1 aliphatic heterocycles. The van der Waals surface area contributed by atoms with Gasteiger partial charge in [-0.2, -0.15) is 0 Å². The van der Waals surface area contributed by atoms with E-state index in [0.717, 1.165) is 12.1 Å². The Balaban J connectivity index is 2.23. The fraction of sp³-hybridized carbons (Fsp3) is 0. The van der Waals surface area contributed by atoms with E-state index in [4.69, 9.17) is 5.11 Å². The number of para-hydroxylation sites is 1. The van der Waals surface area contributed by atoms with Crippen molar-refractivity contribution in [3.63, 3.8) is 0 Å². The van der Waals surface area contributed by atoms with Crippen molar-refractivity contribution in [3.8, 4) is 0 Å². The lowest BCUT2D eigenvalue weighted by molar-refractivity contribution is 0.0697. The number of carbonyl (C=O) groups is 3. The quantitative estimate of drug-likeness (QED) is 0.859. The maximum atomic E-state index is 14.0. The van der Waals surface area contributed by atoms with E-state index in [1.807, 2.05) is 0 Å². The number of hydrogen-bond donors (Lipinski definition) is 1. The van der Waals surface area contributed by atoms with Gasteiger partial charge in [0.15, 0.2) is 0 Å². The van der Waals surface area contributed by atoms with E-state index < -0.39 is 34.9 Å². The van der Waals surface area contributed by atoms with E-state index in [2.05, 4.69) is 0 Å². The van der Waals surface area contributed by atoms with Gasteiger partial charge in [0.1, 0.15) is 11.5 Å². The Kier molecular flexibility index (Phi) is 2.79. The Hall–Kier alpha value is -3.02. The second-order valence-electron chi connectivity index (χ2n) is 4.43. The molecular formula is C15H8FNO4. The third-order valence-corrected chi connectivity index (χ3v) is 3.23. The lowest BCUT2D eigenvalue weighted by atomic mass is 10.1. The van der Waals surface area contributed by atoms with Crippen LogP contribution in [0.1, 0.15) is 31.1 Å². The number of carbonyl (C=O) groups excluding carboxylic acids is 2. The first-order chi connectivity index (χ1) is 10.0. The predicted octanol–water partition coefficient (Wildman–Crippen LogP) is 2.32. The molecular weight excluding hydrogens is 277 g/mol. The monoisotopic (exact) mass is 285 g/mol. The van der Waals surface area contributed by atoms with Gasteiger partial charge >= 0.3 is 5.97 Å². The van der Waals surface area contributed by atoms with Crippen LogP contribution in [0, 0.1) is 5.82 Å². The van der Waals surface area contributed by atoms with Crippen molar-refractivity contribution >= 4 is 23.5 Å². The highest BCUT2D eigenvalue weighted by atomic mass is 19.1. The molecule has 1 N–H and O–H groups in total. The van der Waals surface area contributed by atoms with Crippen LogP contribution in [-0.4, -0.2) is 22.9 Å². The fourth-order valence-corrected chi connectivity index (χ4v) is 2.31. The minimum Gasteiger partial charge on any atom is -0.478 e. The van der Waals surface area contributed by atoms with Crippen molar-refractivity contribution < 1.29 is 23.9 Å². The average molecular weight is 285 g/mol. The first kappa shape index (κ1) is 13.0. The predicted molar refractivity (Wildman–Crippen MR) is 70.9 cm³/mol. The van der Waals surface area contributed by atoms with Crippen LogP contribution < -0.4 is 4.90 Å². The molecule has 2 amide bonds. The number of hydrogen-bond acceptors (Lipinski definition) is 3. The minimum absolute atomic E-state index is 0.127. The van der Waals surface area contributed by atoms with Crippen LogP contribution >= 0.6 is 0 Å². The van der Waals surface area contributed by atoms with Gasteiger partial charge in [0.2, 0.25) is 0 Å². The molecule has 2 aromatic rings. The average Bonchev–Trinajstić information content (AvgIpc) is 2.72. The Morgan fingerprint density at radius 1 is 0.952 bits per heavy atom. The summed E-state index contributed by atoms with van der Waals surface area (Å²) >= 11 is 0. The van der Waals surface area contributed by atoms with Crippen molar-refractivity contribution in [1.29, 1.82) is 0 Å². The number of rotatable bonds is 2. The summed E-state index contributed by atoms with van der Waals surface area (Å²) in [4.78, 5) is 36.3. The number of aromatic carboxylic acids is 1. The van der Waals surface area contributed by atoms with E-state index in [1.54, 1.807) is 12.1 Å². The topological polar surface area (TPSA) is 74.7 Å². The van der Waals surface area contributed by atoms with Gasteiger partial charge in [-0.1, -0.05) is 18.2 Å². The molecule has 3 rings (SSSR count). The summed E-state index contributed by atoms with van der Waals surface area (Å²) in [6.07, 6.45) is 0. The number of halogens is 1. The second-order valence-corrected chi connectivity index (χ2v) is 4.43. The Labute approximate surface area is 118 Å².